The number of ketones is 1. The van der Waals surface area contributed by atoms with Gasteiger partial charge in [-0.25, -0.2) is 4.98 Å². The standard InChI is InChI=1S/C30H42N4O4S/c1-19-27(39-18-32-19)22-8-6-20(7-9-22)16-31-28(37)25-14-23(35)17-34(25)29(38)24(30(2,3)4)15-26(36)21-10-12-33(5)13-11-21/h6-9,18,21,23-25,35H,10-17H2,1-5H3,(H,31,37)/t23-,24-,25+/m1/s1. The highest BCUT2D eigenvalue weighted by atomic mass is 32.1. The molecule has 2 N–H and O–H groups in total. The molecule has 1 aromatic carbocycles. The van der Waals surface area contributed by atoms with Crippen molar-refractivity contribution in [2.24, 2.45) is 17.3 Å². The minimum atomic E-state index is -0.767. The molecule has 2 aromatic rings. The van der Waals surface area contributed by atoms with Gasteiger partial charge in [0.25, 0.3) is 0 Å². The molecule has 0 unspecified atom stereocenters. The molecular formula is C30H42N4O4S. The summed E-state index contributed by atoms with van der Waals surface area (Å²) in [7, 11) is 2.06. The summed E-state index contributed by atoms with van der Waals surface area (Å²) in [5.41, 5.74) is 4.40. The average Bonchev–Trinajstić information content (AvgIpc) is 3.50. The van der Waals surface area contributed by atoms with Crippen molar-refractivity contribution in [1.29, 1.82) is 0 Å². The Kier molecular flexibility index (Phi) is 9.24. The Labute approximate surface area is 235 Å². The van der Waals surface area contributed by atoms with Crippen molar-refractivity contribution in [2.75, 3.05) is 26.7 Å². The first-order valence-electron chi connectivity index (χ1n) is 13.9. The molecule has 3 atom stereocenters. The van der Waals surface area contributed by atoms with Crippen molar-refractivity contribution in [2.45, 2.75) is 72.1 Å². The Morgan fingerprint density at radius 3 is 2.41 bits per heavy atom. The van der Waals surface area contributed by atoms with Gasteiger partial charge < -0.3 is 20.2 Å². The number of piperidine rings is 1. The molecule has 2 amide bonds. The molecule has 1 aromatic heterocycles. The highest BCUT2D eigenvalue weighted by molar-refractivity contribution is 7.13. The van der Waals surface area contributed by atoms with Crippen LogP contribution >= 0.6 is 11.3 Å². The number of rotatable bonds is 8. The Morgan fingerprint density at radius 1 is 1.15 bits per heavy atom. The third kappa shape index (κ3) is 7.13. The number of carbonyl (C=O) groups is 3. The number of amides is 2. The van der Waals surface area contributed by atoms with E-state index in [1.54, 1.807) is 11.3 Å². The summed E-state index contributed by atoms with van der Waals surface area (Å²) in [4.78, 5) is 49.5. The third-order valence-corrected chi connectivity index (χ3v) is 9.19. The van der Waals surface area contributed by atoms with Crippen LogP contribution in [0, 0.1) is 24.2 Å². The zero-order valence-corrected chi connectivity index (χ0v) is 24.6. The molecule has 0 saturated carbocycles. The fraction of sp³-hybridized carbons (Fsp3) is 0.600. The molecule has 4 rings (SSSR count). The minimum absolute atomic E-state index is 0.0199. The number of hydrogen-bond donors (Lipinski definition) is 2. The van der Waals surface area contributed by atoms with Crippen LogP contribution in [0.3, 0.4) is 0 Å². The zero-order valence-electron chi connectivity index (χ0n) is 23.8. The Balaban J connectivity index is 1.40. The normalized spacial score (nSPS) is 21.6. The van der Waals surface area contributed by atoms with Gasteiger partial charge in [-0.2, -0.15) is 0 Å². The highest BCUT2D eigenvalue weighted by Crippen LogP contribution is 2.35. The van der Waals surface area contributed by atoms with Gasteiger partial charge in [-0.15, -0.1) is 11.3 Å². The zero-order chi connectivity index (χ0) is 28.3. The molecule has 0 aliphatic carbocycles. The number of aryl methyl sites for hydroxylation is 1. The van der Waals surface area contributed by atoms with Crippen LogP contribution in [0.15, 0.2) is 29.8 Å². The van der Waals surface area contributed by atoms with Crippen LogP contribution in [0.5, 0.6) is 0 Å². The van der Waals surface area contributed by atoms with E-state index in [-0.39, 0.29) is 42.9 Å². The molecule has 3 heterocycles. The lowest BCUT2D eigenvalue weighted by atomic mass is 9.74. The van der Waals surface area contributed by atoms with Crippen LogP contribution in [-0.4, -0.2) is 76.3 Å². The Hall–Kier alpha value is -2.62. The van der Waals surface area contributed by atoms with E-state index in [9.17, 15) is 19.5 Å². The molecule has 2 fully saturated rings. The number of Topliss-reactive ketones (excluding diaryl/α,β-unsaturated/α-hetero) is 1. The number of thiazole rings is 1. The molecule has 0 bridgehead atoms. The maximum absolute atomic E-state index is 13.8. The van der Waals surface area contributed by atoms with Crippen molar-refractivity contribution >= 4 is 28.9 Å². The monoisotopic (exact) mass is 554 g/mol. The van der Waals surface area contributed by atoms with Crippen LogP contribution in [0.2, 0.25) is 0 Å². The predicted octanol–water partition coefficient (Wildman–Crippen LogP) is 3.66. The Bertz CT molecular complexity index is 1160. The second-order valence-corrected chi connectivity index (χ2v) is 13.1. The Morgan fingerprint density at radius 2 is 1.82 bits per heavy atom. The summed E-state index contributed by atoms with van der Waals surface area (Å²) in [6, 6.07) is 7.24. The number of aromatic nitrogens is 1. The van der Waals surface area contributed by atoms with E-state index in [1.807, 2.05) is 57.5 Å². The minimum Gasteiger partial charge on any atom is -0.391 e. The predicted molar refractivity (Wildman–Crippen MR) is 153 cm³/mol. The molecule has 9 heteroatoms. The van der Waals surface area contributed by atoms with Gasteiger partial charge in [0.15, 0.2) is 0 Å². The number of aliphatic hydroxyl groups excluding tert-OH is 1. The van der Waals surface area contributed by atoms with E-state index in [1.165, 1.54) is 4.90 Å². The van der Waals surface area contributed by atoms with E-state index in [0.717, 1.165) is 47.6 Å². The van der Waals surface area contributed by atoms with Crippen LogP contribution in [0.4, 0.5) is 0 Å². The van der Waals surface area contributed by atoms with Crippen LogP contribution in [0.25, 0.3) is 10.4 Å². The average molecular weight is 555 g/mol. The van der Waals surface area contributed by atoms with Crippen LogP contribution in [-0.2, 0) is 20.9 Å². The first-order valence-corrected chi connectivity index (χ1v) is 14.8. The summed E-state index contributed by atoms with van der Waals surface area (Å²) in [5.74, 6) is -0.933. The second kappa shape index (κ2) is 12.3. The van der Waals surface area contributed by atoms with Crippen LogP contribution < -0.4 is 5.32 Å². The van der Waals surface area contributed by atoms with Crippen molar-refractivity contribution < 1.29 is 19.5 Å². The largest absolute Gasteiger partial charge is 0.391 e. The van der Waals surface area contributed by atoms with Crippen molar-refractivity contribution in [3.63, 3.8) is 0 Å². The summed E-state index contributed by atoms with van der Waals surface area (Å²) < 4.78 is 0. The number of benzene rings is 1. The van der Waals surface area contributed by atoms with Crippen molar-refractivity contribution in [3.8, 4) is 10.4 Å². The van der Waals surface area contributed by atoms with E-state index < -0.39 is 23.5 Å². The lowest BCUT2D eigenvalue weighted by Crippen LogP contribution is -2.50. The summed E-state index contributed by atoms with van der Waals surface area (Å²) in [5, 5.41) is 13.4. The first-order chi connectivity index (χ1) is 18.4. The topological polar surface area (TPSA) is 103 Å². The van der Waals surface area contributed by atoms with Crippen molar-refractivity contribution in [3.05, 3.63) is 41.0 Å². The second-order valence-electron chi connectivity index (χ2n) is 12.2. The van der Waals surface area contributed by atoms with E-state index in [4.69, 9.17) is 0 Å². The number of nitrogens with zero attached hydrogens (tertiary/aromatic N) is 3. The van der Waals surface area contributed by atoms with Gasteiger partial charge in [-0.3, -0.25) is 14.4 Å². The molecule has 2 saturated heterocycles. The molecule has 0 spiro atoms. The van der Waals surface area contributed by atoms with Gasteiger partial charge >= 0.3 is 0 Å². The van der Waals surface area contributed by atoms with Gasteiger partial charge in [0.05, 0.1) is 22.2 Å². The van der Waals surface area contributed by atoms with Gasteiger partial charge in [0.2, 0.25) is 11.8 Å². The number of aliphatic hydroxyl groups is 1. The molecule has 2 aliphatic heterocycles. The summed E-state index contributed by atoms with van der Waals surface area (Å²) >= 11 is 1.60. The summed E-state index contributed by atoms with van der Waals surface area (Å²) in [6.07, 6.45) is 1.23. The third-order valence-electron chi connectivity index (χ3n) is 8.22. The fourth-order valence-electron chi connectivity index (χ4n) is 5.63. The van der Waals surface area contributed by atoms with Gasteiger partial charge in [0.1, 0.15) is 11.8 Å². The smallest absolute Gasteiger partial charge is 0.243 e. The lowest BCUT2D eigenvalue weighted by molar-refractivity contribution is -0.147. The molecule has 212 valence electrons. The lowest BCUT2D eigenvalue weighted by Gasteiger charge is -2.36. The van der Waals surface area contributed by atoms with Crippen LogP contribution in [0.1, 0.15) is 57.7 Å². The van der Waals surface area contributed by atoms with Crippen molar-refractivity contribution in [1.82, 2.24) is 20.1 Å². The fourth-order valence-corrected chi connectivity index (χ4v) is 6.44. The number of β-amino-alcohol motifs (C(OH)–C–C–N with tert-alkyl or cyclic N) is 1. The maximum atomic E-state index is 13.8. The number of nitrogens with one attached hydrogen (secondary N) is 1. The molecule has 8 nitrogen and oxygen atoms in total. The van der Waals surface area contributed by atoms with Gasteiger partial charge in [0, 0.05) is 37.8 Å². The van der Waals surface area contributed by atoms with E-state index >= 15 is 0 Å². The van der Waals surface area contributed by atoms with Gasteiger partial charge in [-0.1, -0.05) is 45.0 Å². The quantitative estimate of drug-likeness (QED) is 0.516. The van der Waals surface area contributed by atoms with Gasteiger partial charge in [-0.05, 0) is 56.4 Å². The molecular weight excluding hydrogens is 512 g/mol. The van der Waals surface area contributed by atoms with E-state index in [2.05, 4.69) is 22.2 Å². The van der Waals surface area contributed by atoms with E-state index in [0.29, 0.717) is 6.54 Å². The molecule has 0 radical (unpaired) electrons. The number of hydrogen-bond acceptors (Lipinski definition) is 7. The maximum Gasteiger partial charge on any atom is 0.243 e. The number of likely N-dealkylation sites (tertiary alicyclic amines) is 2. The molecule has 39 heavy (non-hydrogen) atoms. The first kappa shape index (κ1) is 29.4. The highest BCUT2D eigenvalue weighted by Gasteiger charge is 2.45. The molecule has 2 aliphatic rings. The number of carbonyl (C=O) groups excluding carboxylic acids is 3. The summed E-state index contributed by atoms with van der Waals surface area (Å²) in [6.45, 7) is 10.1. The SMILES string of the molecule is Cc1ncsc1-c1ccc(CNC(=O)[C@@H]2C[C@@H](O)CN2C(=O)[C@@H](CC(=O)C2CCN(C)CC2)C(C)(C)C)cc1.